The van der Waals surface area contributed by atoms with Crippen molar-refractivity contribution in [1.82, 2.24) is 20.2 Å². The summed E-state index contributed by atoms with van der Waals surface area (Å²) in [6.07, 6.45) is 3.76. The van der Waals surface area contributed by atoms with Crippen LogP contribution in [0.2, 0.25) is 0 Å². The van der Waals surface area contributed by atoms with Gasteiger partial charge >= 0.3 is 0 Å². The molecule has 2 aliphatic heterocycles. The summed E-state index contributed by atoms with van der Waals surface area (Å²) in [6.45, 7) is 3.81. The van der Waals surface area contributed by atoms with E-state index in [1.54, 1.807) is 6.20 Å². The molecule has 3 heterocycles. The van der Waals surface area contributed by atoms with Crippen LogP contribution in [0, 0.1) is 0 Å². The van der Waals surface area contributed by atoms with E-state index in [0.29, 0.717) is 11.5 Å². The van der Waals surface area contributed by atoms with Crippen LogP contribution in [0.15, 0.2) is 60.8 Å². The number of para-hydroxylation sites is 2. The molecule has 0 atom stereocenters. The SMILES string of the molecule is CN1CCC(NC(=O)c2ccc(Nc3nccc(N4CCN(C)c5ccccc54)n3)cc2)CC1. The molecule has 1 aromatic heterocycles. The highest BCUT2D eigenvalue weighted by molar-refractivity contribution is 5.94. The van der Waals surface area contributed by atoms with Gasteiger partial charge in [0, 0.05) is 43.6 Å². The average Bonchev–Trinajstić information content (AvgIpc) is 2.86. The lowest BCUT2D eigenvalue weighted by atomic mass is 10.0. The van der Waals surface area contributed by atoms with Crippen LogP contribution in [0.1, 0.15) is 23.2 Å². The number of likely N-dealkylation sites (tertiary alicyclic amines) is 1. The molecule has 2 aromatic carbocycles. The van der Waals surface area contributed by atoms with Crippen molar-refractivity contribution in [3.63, 3.8) is 0 Å². The van der Waals surface area contributed by atoms with E-state index in [0.717, 1.165) is 56.2 Å². The number of anilines is 5. The van der Waals surface area contributed by atoms with Crippen molar-refractivity contribution in [2.24, 2.45) is 0 Å². The molecule has 0 aliphatic carbocycles. The highest BCUT2D eigenvalue weighted by Crippen LogP contribution is 2.36. The standard InChI is InChI=1S/C26H31N7O/c1-31-15-12-21(13-16-31)28-25(34)19-7-9-20(10-8-19)29-26-27-14-11-24(30-26)33-18-17-32(2)22-5-3-4-6-23(22)33/h3-11,14,21H,12-13,15-18H2,1-2H3,(H,28,34)(H,27,29,30). The Morgan fingerprint density at radius 3 is 2.41 bits per heavy atom. The summed E-state index contributed by atoms with van der Waals surface area (Å²) in [7, 11) is 4.23. The number of hydrogen-bond donors (Lipinski definition) is 2. The number of hydrogen-bond acceptors (Lipinski definition) is 7. The summed E-state index contributed by atoms with van der Waals surface area (Å²) >= 11 is 0. The lowest BCUT2D eigenvalue weighted by Crippen LogP contribution is -2.43. The van der Waals surface area contributed by atoms with Gasteiger partial charge in [-0.05, 0) is 75.4 Å². The predicted molar refractivity (Wildman–Crippen MR) is 136 cm³/mol. The summed E-state index contributed by atoms with van der Waals surface area (Å²) in [5.74, 6) is 1.36. The Labute approximate surface area is 200 Å². The monoisotopic (exact) mass is 457 g/mol. The van der Waals surface area contributed by atoms with Gasteiger partial charge in [0.1, 0.15) is 5.82 Å². The molecule has 5 rings (SSSR count). The number of carbonyl (C=O) groups excluding carboxylic acids is 1. The fraction of sp³-hybridized carbons (Fsp3) is 0.346. The molecule has 0 bridgehead atoms. The first-order valence-electron chi connectivity index (χ1n) is 11.8. The smallest absolute Gasteiger partial charge is 0.251 e. The topological polar surface area (TPSA) is 76.6 Å². The summed E-state index contributed by atoms with van der Waals surface area (Å²) in [6, 6.07) is 18.0. The summed E-state index contributed by atoms with van der Waals surface area (Å²) in [5.41, 5.74) is 3.83. The van der Waals surface area contributed by atoms with Gasteiger partial charge in [-0.25, -0.2) is 4.98 Å². The Hall–Kier alpha value is -3.65. The second kappa shape index (κ2) is 9.69. The average molecular weight is 458 g/mol. The highest BCUT2D eigenvalue weighted by atomic mass is 16.1. The second-order valence-electron chi connectivity index (χ2n) is 9.05. The molecule has 0 spiro atoms. The van der Waals surface area contributed by atoms with Crippen molar-refractivity contribution >= 4 is 34.7 Å². The number of nitrogens with one attached hydrogen (secondary N) is 2. The fourth-order valence-corrected chi connectivity index (χ4v) is 4.56. The minimum Gasteiger partial charge on any atom is -0.371 e. The van der Waals surface area contributed by atoms with Crippen molar-refractivity contribution in [3.8, 4) is 0 Å². The van der Waals surface area contributed by atoms with Crippen LogP contribution in [0.4, 0.5) is 28.8 Å². The van der Waals surface area contributed by atoms with Crippen LogP contribution in [-0.2, 0) is 0 Å². The van der Waals surface area contributed by atoms with E-state index in [4.69, 9.17) is 4.98 Å². The fourth-order valence-electron chi connectivity index (χ4n) is 4.56. The molecule has 0 unspecified atom stereocenters. The Morgan fingerprint density at radius 1 is 0.912 bits per heavy atom. The second-order valence-corrected chi connectivity index (χ2v) is 9.05. The minimum atomic E-state index is -0.0203. The molecular weight excluding hydrogens is 426 g/mol. The molecular formula is C26H31N7O. The van der Waals surface area contributed by atoms with Crippen molar-refractivity contribution in [1.29, 1.82) is 0 Å². The zero-order chi connectivity index (χ0) is 23.5. The van der Waals surface area contributed by atoms with Crippen LogP contribution in [0.3, 0.4) is 0 Å². The molecule has 2 N–H and O–H groups in total. The van der Waals surface area contributed by atoms with Gasteiger partial charge in [-0.3, -0.25) is 4.79 Å². The third kappa shape index (κ3) is 4.82. The van der Waals surface area contributed by atoms with Gasteiger partial charge in [-0.15, -0.1) is 0 Å². The number of fused-ring (bicyclic) bond motifs is 1. The maximum Gasteiger partial charge on any atom is 0.251 e. The molecule has 1 saturated heterocycles. The molecule has 1 amide bonds. The first-order valence-corrected chi connectivity index (χ1v) is 11.8. The maximum atomic E-state index is 12.6. The molecule has 2 aliphatic rings. The van der Waals surface area contributed by atoms with Gasteiger partial charge in [-0.1, -0.05) is 12.1 Å². The van der Waals surface area contributed by atoms with E-state index in [-0.39, 0.29) is 11.9 Å². The van der Waals surface area contributed by atoms with Gasteiger partial charge in [0.15, 0.2) is 0 Å². The van der Waals surface area contributed by atoms with Crippen molar-refractivity contribution in [2.45, 2.75) is 18.9 Å². The van der Waals surface area contributed by atoms with Crippen LogP contribution < -0.4 is 20.4 Å². The Balaban J connectivity index is 1.25. The molecule has 34 heavy (non-hydrogen) atoms. The van der Waals surface area contributed by atoms with E-state index in [9.17, 15) is 4.79 Å². The van der Waals surface area contributed by atoms with Gasteiger partial charge < -0.3 is 25.3 Å². The van der Waals surface area contributed by atoms with E-state index in [1.165, 1.54) is 5.69 Å². The number of nitrogens with zero attached hydrogens (tertiary/aromatic N) is 5. The summed E-state index contributed by atoms with van der Waals surface area (Å²) in [4.78, 5) is 28.6. The molecule has 0 radical (unpaired) electrons. The van der Waals surface area contributed by atoms with Crippen LogP contribution in [-0.4, -0.2) is 67.1 Å². The Morgan fingerprint density at radius 2 is 1.65 bits per heavy atom. The van der Waals surface area contributed by atoms with Crippen LogP contribution >= 0.6 is 0 Å². The number of piperidine rings is 1. The highest BCUT2D eigenvalue weighted by Gasteiger charge is 2.22. The van der Waals surface area contributed by atoms with Crippen molar-refractivity contribution < 1.29 is 4.79 Å². The van der Waals surface area contributed by atoms with Crippen LogP contribution in [0.25, 0.3) is 0 Å². The van der Waals surface area contributed by atoms with E-state index in [1.807, 2.05) is 30.3 Å². The van der Waals surface area contributed by atoms with Crippen molar-refractivity contribution in [3.05, 3.63) is 66.4 Å². The number of amides is 1. The number of likely N-dealkylation sites (N-methyl/N-ethyl adjacent to an activating group) is 1. The van der Waals surface area contributed by atoms with Crippen LogP contribution in [0.5, 0.6) is 0 Å². The quantitative estimate of drug-likeness (QED) is 0.606. The molecule has 0 saturated carbocycles. The minimum absolute atomic E-state index is 0.0203. The van der Waals surface area contributed by atoms with E-state index < -0.39 is 0 Å². The van der Waals surface area contributed by atoms with E-state index in [2.05, 4.69) is 68.7 Å². The number of carbonyl (C=O) groups is 1. The Bertz CT molecular complexity index is 1140. The number of rotatable bonds is 5. The zero-order valence-electron chi connectivity index (χ0n) is 19.7. The first kappa shape index (κ1) is 22.2. The molecule has 8 nitrogen and oxygen atoms in total. The van der Waals surface area contributed by atoms with Gasteiger partial charge in [-0.2, -0.15) is 4.98 Å². The molecule has 1 fully saturated rings. The predicted octanol–water partition coefficient (Wildman–Crippen LogP) is 3.63. The number of aromatic nitrogens is 2. The summed E-state index contributed by atoms with van der Waals surface area (Å²) in [5, 5.41) is 6.43. The molecule has 8 heteroatoms. The first-order chi connectivity index (χ1) is 16.6. The largest absolute Gasteiger partial charge is 0.371 e. The third-order valence-corrected chi connectivity index (χ3v) is 6.62. The van der Waals surface area contributed by atoms with Gasteiger partial charge in [0.05, 0.1) is 11.4 Å². The van der Waals surface area contributed by atoms with Crippen molar-refractivity contribution in [2.75, 3.05) is 55.4 Å². The molecule has 176 valence electrons. The lowest BCUT2D eigenvalue weighted by Gasteiger charge is -2.36. The lowest BCUT2D eigenvalue weighted by molar-refractivity contribution is 0.0917. The van der Waals surface area contributed by atoms with Gasteiger partial charge in [0.25, 0.3) is 5.91 Å². The Kier molecular flexibility index (Phi) is 6.31. The van der Waals surface area contributed by atoms with E-state index >= 15 is 0 Å². The van der Waals surface area contributed by atoms with Gasteiger partial charge in [0.2, 0.25) is 5.95 Å². The number of benzene rings is 2. The normalized spacial score (nSPS) is 16.8. The zero-order valence-corrected chi connectivity index (χ0v) is 19.7. The maximum absolute atomic E-state index is 12.6. The molecule has 3 aromatic rings. The third-order valence-electron chi connectivity index (χ3n) is 6.62. The summed E-state index contributed by atoms with van der Waals surface area (Å²) < 4.78 is 0.